The van der Waals surface area contributed by atoms with Crippen LogP contribution in [0.4, 0.5) is 0 Å². The molecule has 16 heavy (non-hydrogen) atoms. The van der Waals surface area contributed by atoms with Gasteiger partial charge in [0.1, 0.15) is 11.6 Å². The van der Waals surface area contributed by atoms with E-state index < -0.39 is 0 Å². The number of hydrogen-bond acceptors (Lipinski definition) is 3. The average Bonchev–Trinajstić information content (AvgIpc) is 2.28. The van der Waals surface area contributed by atoms with E-state index in [9.17, 15) is 4.79 Å². The Morgan fingerprint density at radius 1 is 1.31 bits per heavy atom. The zero-order valence-corrected chi connectivity index (χ0v) is 9.15. The molecule has 0 radical (unpaired) electrons. The van der Waals surface area contributed by atoms with Crippen LogP contribution >= 0.6 is 0 Å². The smallest absolute Gasteiger partial charge is 0.251 e. The van der Waals surface area contributed by atoms with Gasteiger partial charge in [-0.1, -0.05) is 0 Å². The minimum atomic E-state index is -0.162. The van der Waals surface area contributed by atoms with Crippen molar-refractivity contribution in [3.63, 3.8) is 0 Å². The van der Waals surface area contributed by atoms with E-state index in [1.165, 1.54) is 12.3 Å². The van der Waals surface area contributed by atoms with Gasteiger partial charge in [-0.05, 0) is 30.7 Å². The van der Waals surface area contributed by atoms with Gasteiger partial charge in [0.25, 0.3) is 5.56 Å². The lowest BCUT2D eigenvalue weighted by Gasteiger charge is -2.05. The Balaban J connectivity index is 2.55. The molecule has 1 aromatic carbocycles. The highest BCUT2D eigenvalue weighted by atomic mass is 16.5. The molecule has 1 heterocycles. The van der Waals surface area contributed by atoms with Crippen molar-refractivity contribution in [1.29, 1.82) is 0 Å². The van der Waals surface area contributed by atoms with Gasteiger partial charge in [-0.15, -0.1) is 0 Å². The first kappa shape index (κ1) is 10.4. The first-order chi connectivity index (χ1) is 7.69. The Morgan fingerprint density at radius 3 is 2.81 bits per heavy atom. The molecule has 0 saturated carbocycles. The first-order valence-corrected chi connectivity index (χ1v) is 4.90. The number of rotatable bonds is 2. The summed E-state index contributed by atoms with van der Waals surface area (Å²) in [5, 5.41) is 0. The van der Waals surface area contributed by atoms with E-state index in [1.54, 1.807) is 7.11 Å². The van der Waals surface area contributed by atoms with Crippen LogP contribution in [0.15, 0.2) is 35.3 Å². The molecule has 2 aromatic rings. The normalized spacial score (nSPS) is 10.1. The molecule has 82 valence electrons. The van der Waals surface area contributed by atoms with E-state index in [1.807, 2.05) is 25.1 Å². The molecule has 0 atom stereocenters. The monoisotopic (exact) mass is 216 g/mol. The summed E-state index contributed by atoms with van der Waals surface area (Å²) in [7, 11) is 1.61. The number of hydrogen-bond donors (Lipinski definition) is 1. The van der Waals surface area contributed by atoms with Gasteiger partial charge in [0, 0.05) is 17.8 Å². The van der Waals surface area contributed by atoms with Crippen LogP contribution < -0.4 is 10.3 Å². The van der Waals surface area contributed by atoms with Crippen LogP contribution in [0.2, 0.25) is 0 Å². The van der Waals surface area contributed by atoms with Crippen molar-refractivity contribution in [3.8, 4) is 17.1 Å². The SMILES string of the molecule is COc1cc(C)cc(-c2nccc(=O)[nH]2)c1. The van der Waals surface area contributed by atoms with Gasteiger partial charge >= 0.3 is 0 Å². The number of aryl methyl sites for hydroxylation is 1. The van der Waals surface area contributed by atoms with Crippen LogP contribution in [-0.4, -0.2) is 17.1 Å². The highest BCUT2D eigenvalue weighted by Crippen LogP contribution is 2.22. The van der Waals surface area contributed by atoms with Gasteiger partial charge in [-0.25, -0.2) is 4.98 Å². The maximum absolute atomic E-state index is 11.2. The van der Waals surface area contributed by atoms with E-state index in [2.05, 4.69) is 9.97 Å². The minimum Gasteiger partial charge on any atom is -0.497 e. The molecule has 2 rings (SSSR count). The number of benzene rings is 1. The van der Waals surface area contributed by atoms with Gasteiger partial charge < -0.3 is 9.72 Å². The maximum Gasteiger partial charge on any atom is 0.251 e. The fourth-order valence-corrected chi connectivity index (χ4v) is 1.52. The second kappa shape index (κ2) is 4.18. The Hall–Kier alpha value is -2.10. The number of ether oxygens (including phenoxy) is 1. The summed E-state index contributed by atoms with van der Waals surface area (Å²) in [5.41, 5.74) is 1.74. The summed E-state index contributed by atoms with van der Waals surface area (Å²) < 4.78 is 5.17. The molecule has 0 spiro atoms. The minimum absolute atomic E-state index is 0.162. The summed E-state index contributed by atoms with van der Waals surface area (Å²) in [4.78, 5) is 18.0. The van der Waals surface area contributed by atoms with Crippen molar-refractivity contribution in [1.82, 2.24) is 9.97 Å². The molecule has 0 aliphatic carbocycles. The van der Waals surface area contributed by atoms with Crippen molar-refractivity contribution in [3.05, 3.63) is 46.4 Å². The summed E-state index contributed by atoms with van der Waals surface area (Å²) in [5.74, 6) is 1.30. The number of nitrogens with one attached hydrogen (secondary N) is 1. The fraction of sp³-hybridized carbons (Fsp3) is 0.167. The lowest BCUT2D eigenvalue weighted by atomic mass is 10.1. The number of nitrogens with zero attached hydrogens (tertiary/aromatic N) is 1. The third-order valence-corrected chi connectivity index (χ3v) is 2.23. The molecule has 0 bridgehead atoms. The Bertz CT molecular complexity index is 561. The molecule has 1 aromatic heterocycles. The van der Waals surface area contributed by atoms with Crippen LogP contribution in [0, 0.1) is 6.92 Å². The van der Waals surface area contributed by atoms with Gasteiger partial charge in [-0.2, -0.15) is 0 Å². The van der Waals surface area contributed by atoms with Crippen molar-refractivity contribution in [2.45, 2.75) is 6.92 Å². The third-order valence-electron chi connectivity index (χ3n) is 2.23. The molecule has 0 unspecified atom stereocenters. The predicted molar refractivity (Wildman–Crippen MR) is 61.6 cm³/mol. The van der Waals surface area contributed by atoms with Crippen LogP contribution in [0.3, 0.4) is 0 Å². The molecule has 0 fully saturated rings. The topological polar surface area (TPSA) is 55.0 Å². The number of methoxy groups -OCH3 is 1. The maximum atomic E-state index is 11.2. The summed E-state index contributed by atoms with van der Waals surface area (Å²) in [6.45, 7) is 1.97. The molecule has 1 N–H and O–H groups in total. The van der Waals surface area contributed by atoms with Crippen molar-refractivity contribution >= 4 is 0 Å². The van der Waals surface area contributed by atoms with Crippen LogP contribution in [0.1, 0.15) is 5.56 Å². The molecule has 4 nitrogen and oxygen atoms in total. The third kappa shape index (κ3) is 2.11. The van der Waals surface area contributed by atoms with Crippen LogP contribution in [0.5, 0.6) is 5.75 Å². The van der Waals surface area contributed by atoms with Gasteiger partial charge in [-0.3, -0.25) is 4.79 Å². The molecule has 0 amide bonds. The standard InChI is InChI=1S/C12H12N2O2/c1-8-5-9(7-10(6-8)16-2)12-13-4-3-11(15)14-12/h3-7H,1-2H3,(H,13,14,15). The van der Waals surface area contributed by atoms with Crippen LogP contribution in [0.25, 0.3) is 11.4 Å². The molecule has 4 heteroatoms. The van der Waals surface area contributed by atoms with E-state index in [-0.39, 0.29) is 5.56 Å². The number of H-pyrrole nitrogens is 1. The van der Waals surface area contributed by atoms with Crippen molar-refractivity contribution in [2.75, 3.05) is 7.11 Å². The second-order valence-corrected chi connectivity index (χ2v) is 3.52. The average molecular weight is 216 g/mol. The highest BCUT2D eigenvalue weighted by Gasteiger charge is 2.03. The molecular weight excluding hydrogens is 204 g/mol. The molecule has 0 aliphatic heterocycles. The van der Waals surface area contributed by atoms with Crippen molar-refractivity contribution in [2.24, 2.45) is 0 Å². The largest absolute Gasteiger partial charge is 0.497 e. The van der Waals surface area contributed by atoms with E-state index in [0.29, 0.717) is 5.82 Å². The van der Waals surface area contributed by atoms with E-state index >= 15 is 0 Å². The predicted octanol–water partition coefficient (Wildman–Crippen LogP) is 1.75. The lowest BCUT2D eigenvalue weighted by molar-refractivity contribution is 0.414. The molecule has 0 saturated heterocycles. The zero-order chi connectivity index (χ0) is 11.5. The van der Waals surface area contributed by atoms with Gasteiger partial charge in [0.05, 0.1) is 7.11 Å². The summed E-state index contributed by atoms with van der Waals surface area (Å²) in [6, 6.07) is 7.09. The van der Waals surface area contributed by atoms with E-state index in [4.69, 9.17) is 4.74 Å². The van der Waals surface area contributed by atoms with Gasteiger partial charge in [0.15, 0.2) is 0 Å². The van der Waals surface area contributed by atoms with E-state index in [0.717, 1.165) is 16.9 Å². The second-order valence-electron chi connectivity index (χ2n) is 3.52. The lowest BCUT2D eigenvalue weighted by Crippen LogP contribution is -2.05. The highest BCUT2D eigenvalue weighted by molar-refractivity contribution is 5.58. The zero-order valence-electron chi connectivity index (χ0n) is 9.15. The summed E-state index contributed by atoms with van der Waals surface area (Å²) >= 11 is 0. The quantitative estimate of drug-likeness (QED) is 0.832. The Morgan fingerprint density at radius 2 is 2.12 bits per heavy atom. The number of aromatic amines is 1. The fourth-order valence-electron chi connectivity index (χ4n) is 1.52. The Kier molecular flexibility index (Phi) is 2.72. The Labute approximate surface area is 92.9 Å². The van der Waals surface area contributed by atoms with Gasteiger partial charge in [0.2, 0.25) is 0 Å². The van der Waals surface area contributed by atoms with Crippen molar-refractivity contribution < 1.29 is 4.74 Å². The molecular formula is C12H12N2O2. The first-order valence-electron chi connectivity index (χ1n) is 4.90. The summed E-state index contributed by atoms with van der Waals surface area (Å²) in [6.07, 6.45) is 1.49. The van der Waals surface area contributed by atoms with Crippen LogP contribution in [-0.2, 0) is 0 Å². The molecule has 0 aliphatic rings. The number of aromatic nitrogens is 2.